The Kier molecular flexibility index (Phi) is 5.12. The molecular formula is C21H26IN3O. The Hall–Kier alpha value is -1.31. The zero-order valence-corrected chi connectivity index (χ0v) is 17.3. The van der Waals surface area contributed by atoms with E-state index >= 15 is 0 Å². The Morgan fingerprint density at radius 3 is 2.62 bits per heavy atom. The van der Waals surface area contributed by atoms with Crippen LogP contribution in [0.1, 0.15) is 16.7 Å². The van der Waals surface area contributed by atoms with E-state index in [4.69, 9.17) is 5.73 Å². The molecule has 0 unspecified atom stereocenters. The quantitative estimate of drug-likeness (QED) is 0.532. The maximum atomic E-state index is 10.7. The van der Waals surface area contributed by atoms with Crippen LogP contribution in [-0.2, 0) is 12.8 Å². The molecule has 1 aliphatic carbocycles. The highest BCUT2D eigenvalue weighted by Gasteiger charge is 2.34. The van der Waals surface area contributed by atoms with Crippen molar-refractivity contribution in [2.75, 3.05) is 36.8 Å². The lowest BCUT2D eigenvalue weighted by atomic mass is 9.84. The van der Waals surface area contributed by atoms with E-state index in [1.54, 1.807) is 0 Å². The zero-order valence-electron chi connectivity index (χ0n) is 15.2. The Morgan fingerprint density at radius 2 is 1.85 bits per heavy atom. The van der Waals surface area contributed by atoms with Gasteiger partial charge in [0.2, 0.25) is 0 Å². The molecule has 0 saturated carbocycles. The first kappa shape index (κ1) is 18.1. The van der Waals surface area contributed by atoms with Gasteiger partial charge in [0.05, 0.1) is 6.10 Å². The van der Waals surface area contributed by atoms with Crippen LogP contribution in [0.2, 0.25) is 0 Å². The third-order valence-electron chi connectivity index (χ3n) is 5.89. The van der Waals surface area contributed by atoms with Gasteiger partial charge in [0.25, 0.3) is 0 Å². The van der Waals surface area contributed by atoms with Gasteiger partial charge in [0.15, 0.2) is 0 Å². The Balaban J connectivity index is 1.46. The van der Waals surface area contributed by atoms with Crippen LogP contribution < -0.4 is 10.6 Å². The van der Waals surface area contributed by atoms with E-state index in [9.17, 15) is 5.11 Å². The molecule has 2 atom stereocenters. The number of piperazine rings is 1. The lowest BCUT2D eigenvalue weighted by molar-refractivity contribution is 0.0396. The summed E-state index contributed by atoms with van der Waals surface area (Å²) >= 11 is 2.38. The number of nitrogens with two attached hydrogens (primary N) is 1. The molecule has 0 amide bonds. The summed E-state index contributed by atoms with van der Waals surface area (Å²) in [5.74, 6) is 0. The maximum absolute atomic E-state index is 10.7. The summed E-state index contributed by atoms with van der Waals surface area (Å²) in [6, 6.07) is 12.9. The van der Waals surface area contributed by atoms with E-state index in [1.165, 1.54) is 25.9 Å². The lowest BCUT2D eigenvalue weighted by Crippen LogP contribution is -2.56. The number of aliphatic hydroxyl groups excluding tert-OH is 1. The zero-order chi connectivity index (χ0) is 18.3. The van der Waals surface area contributed by atoms with Gasteiger partial charge in [-0.25, -0.2) is 0 Å². The van der Waals surface area contributed by atoms with Crippen LogP contribution >= 0.6 is 22.6 Å². The number of aliphatic hydroxyl groups is 1. The molecule has 4 nitrogen and oxygen atoms in total. The molecule has 0 radical (unpaired) electrons. The normalized spacial score (nSPS) is 23.7. The summed E-state index contributed by atoms with van der Waals surface area (Å²) in [5.41, 5.74) is 12.2. The minimum Gasteiger partial charge on any atom is -0.398 e. The fraction of sp³-hybridized carbons (Fsp3) is 0.429. The fourth-order valence-electron chi connectivity index (χ4n) is 4.39. The van der Waals surface area contributed by atoms with E-state index in [0.29, 0.717) is 6.42 Å². The van der Waals surface area contributed by atoms with Gasteiger partial charge < -0.3 is 15.7 Å². The highest BCUT2D eigenvalue weighted by atomic mass is 127. The summed E-state index contributed by atoms with van der Waals surface area (Å²) in [6.45, 7) is 6.15. The molecule has 2 aromatic rings. The molecule has 138 valence electrons. The molecule has 0 spiro atoms. The molecule has 2 aromatic carbocycles. The second-order valence-electron chi connectivity index (χ2n) is 7.48. The molecule has 1 aliphatic heterocycles. The summed E-state index contributed by atoms with van der Waals surface area (Å²) < 4.78 is 1.28. The predicted octanol–water partition coefficient (Wildman–Crippen LogP) is 2.83. The monoisotopic (exact) mass is 463 g/mol. The third-order valence-corrected chi connectivity index (χ3v) is 6.56. The average Bonchev–Trinajstić information content (AvgIpc) is 2.64. The van der Waals surface area contributed by atoms with Crippen molar-refractivity contribution in [1.29, 1.82) is 0 Å². The average molecular weight is 463 g/mol. The third kappa shape index (κ3) is 3.44. The Labute approximate surface area is 169 Å². The topological polar surface area (TPSA) is 52.7 Å². The molecule has 3 N–H and O–H groups in total. The molecular weight excluding hydrogens is 437 g/mol. The fourth-order valence-corrected chi connectivity index (χ4v) is 4.87. The first-order valence-corrected chi connectivity index (χ1v) is 10.4. The largest absolute Gasteiger partial charge is 0.398 e. The van der Waals surface area contributed by atoms with Gasteiger partial charge in [0.1, 0.15) is 0 Å². The van der Waals surface area contributed by atoms with Crippen LogP contribution in [0.25, 0.3) is 0 Å². The van der Waals surface area contributed by atoms with E-state index < -0.39 is 0 Å². The van der Waals surface area contributed by atoms with Gasteiger partial charge >= 0.3 is 0 Å². The van der Waals surface area contributed by atoms with Crippen molar-refractivity contribution in [3.8, 4) is 0 Å². The van der Waals surface area contributed by atoms with E-state index in [-0.39, 0.29) is 12.1 Å². The van der Waals surface area contributed by atoms with Gasteiger partial charge in [0, 0.05) is 53.6 Å². The van der Waals surface area contributed by atoms with Gasteiger partial charge in [-0.05, 0) is 70.8 Å². The van der Waals surface area contributed by atoms with Crippen molar-refractivity contribution < 1.29 is 5.11 Å². The van der Waals surface area contributed by atoms with Crippen molar-refractivity contribution in [2.45, 2.75) is 31.9 Å². The number of benzene rings is 2. The van der Waals surface area contributed by atoms with Gasteiger partial charge in [-0.3, -0.25) is 4.90 Å². The van der Waals surface area contributed by atoms with Crippen molar-refractivity contribution in [2.24, 2.45) is 0 Å². The number of nitrogen functional groups attached to an aromatic ring is 1. The number of anilines is 2. The molecule has 0 bridgehead atoms. The number of hydrogen-bond acceptors (Lipinski definition) is 4. The molecule has 1 heterocycles. The Bertz CT molecular complexity index is 802. The second-order valence-corrected chi connectivity index (χ2v) is 8.73. The van der Waals surface area contributed by atoms with Crippen LogP contribution in [0.15, 0.2) is 36.4 Å². The molecule has 0 aromatic heterocycles. The number of aryl methyl sites for hydroxylation is 1. The smallest absolute Gasteiger partial charge is 0.0739 e. The molecule has 1 fully saturated rings. The first-order chi connectivity index (χ1) is 12.5. The van der Waals surface area contributed by atoms with Crippen LogP contribution in [0, 0.1) is 10.5 Å². The minimum atomic E-state index is -0.310. The highest BCUT2D eigenvalue weighted by Crippen LogP contribution is 2.30. The van der Waals surface area contributed by atoms with Crippen LogP contribution in [0.4, 0.5) is 11.4 Å². The first-order valence-electron chi connectivity index (χ1n) is 9.32. The predicted molar refractivity (Wildman–Crippen MR) is 116 cm³/mol. The van der Waals surface area contributed by atoms with Gasteiger partial charge in [-0.1, -0.05) is 18.2 Å². The summed E-state index contributed by atoms with van der Waals surface area (Å²) in [5, 5.41) is 10.7. The van der Waals surface area contributed by atoms with E-state index in [0.717, 1.165) is 38.3 Å². The molecule has 2 aliphatic rings. The number of halogens is 1. The van der Waals surface area contributed by atoms with Gasteiger partial charge in [-0.2, -0.15) is 0 Å². The van der Waals surface area contributed by atoms with Crippen molar-refractivity contribution >= 4 is 34.0 Å². The molecule has 4 rings (SSSR count). The number of fused-ring (bicyclic) bond motifs is 1. The van der Waals surface area contributed by atoms with Gasteiger partial charge in [-0.15, -0.1) is 0 Å². The van der Waals surface area contributed by atoms with Crippen LogP contribution in [-0.4, -0.2) is 48.3 Å². The lowest BCUT2D eigenvalue weighted by Gasteiger charge is -2.44. The van der Waals surface area contributed by atoms with Crippen molar-refractivity contribution in [3.05, 3.63) is 56.7 Å². The van der Waals surface area contributed by atoms with Crippen LogP contribution in [0.3, 0.4) is 0 Å². The summed E-state index contributed by atoms with van der Waals surface area (Å²) in [4.78, 5) is 4.94. The second kappa shape index (κ2) is 7.37. The highest BCUT2D eigenvalue weighted by molar-refractivity contribution is 14.1. The maximum Gasteiger partial charge on any atom is 0.0739 e. The molecule has 5 heteroatoms. The summed E-state index contributed by atoms with van der Waals surface area (Å²) in [6.07, 6.45) is 1.25. The van der Waals surface area contributed by atoms with E-state index in [1.807, 2.05) is 12.1 Å². The minimum absolute atomic E-state index is 0.173. The van der Waals surface area contributed by atoms with Crippen molar-refractivity contribution in [1.82, 2.24) is 4.90 Å². The number of hydrogen-bond donors (Lipinski definition) is 2. The SMILES string of the molecule is Cc1ccc(I)cc1N1CCN([C@H]2Cc3c(N)cccc3C[C@@H]2O)CC1. The molecule has 26 heavy (non-hydrogen) atoms. The van der Waals surface area contributed by atoms with Crippen molar-refractivity contribution in [3.63, 3.8) is 0 Å². The summed E-state index contributed by atoms with van der Waals surface area (Å²) in [7, 11) is 0. The Morgan fingerprint density at radius 1 is 1.08 bits per heavy atom. The van der Waals surface area contributed by atoms with Crippen LogP contribution in [0.5, 0.6) is 0 Å². The molecule has 1 saturated heterocycles. The number of nitrogens with zero attached hydrogens (tertiary/aromatic N) is 2. The number of rotatable bonds is 2. The standard InChI is InChI=1S/C21H26IN3O/c1-14-5-6-16(22)12-19(14)24-7-9-25(10-8-24)20-13-17-15(11-21(20)26)3-2-4-18(17)23/h2-6,12,20-21,26H,7-11,13,23H2,1H3/t20-,21-/m0/s1. The van der Waals surface area contributed by atoms with E-state index in [2.05, 4.69) is 63.6 Å².